The average Bonchev–Trinajstić information content (AvgIpc) is 2.40. The number of fused-ring (bicyclic) bond motifs is 2. The Labute approximate surface area is 111 Å². The van der Waals surface area contributed by atoms with Gasteiger partial charge in [-0.1, -0.05) is 13.0 Å². The van der Waals surface area contributed by atoms with E-state index in [0.29, 0.717) is 11.4 Å². The van der Waals surface area contributed by atoms with E-state index in [4.69, 9.17) is 0 Å². The summed E-state index contributed by atoms with van der Waals surface area (Å²) in [5.41, 5.74) is 1.89. The predicted octanol–water partition coefficient (Wildman–Crippen LogP) is 3.28. The van der Waals surface area contributed by atoms with E-state index < -0.39 is 15.7 Å². The van der Waals surface area contributed by atoms with Crippen molar-refractivity contribution in [3.63, 3.8) is 0 Å². The van der Waals surface area contributed by atoms with Crippen molar-refractivity contribution in [2.24, 2.45) is 0 Å². The molecular formula is C14H12FNO2S. The SMILES string of the molecule is CCc1ccc2c(c1)S(=O)(=O)c1cc(F)ccc1N2. The molecule has 3 nitrogen and oxygen atoms in total. The van der Waals surface area contributed by atoms with Crippen LogP contribution in [0.4, 0.5) is 15.8 Å². The highest BCUT2D eigenvalue weighted by atomic mass is 32.2. The summed E-state index contributed by atoms with van der Waals surface area (Å²) < 4.78 is 38.3. The molecule has 1 aliphatic rings. The zero-order chi connectivity index (χ0) is 13.6. The van der Waals surface area contributed by atoms with Gasteiger partial charge < -0.3 is 5.32 Å². The van der Waals surface area contributed by atoms with Crippen LogP contribution in [0.2, 0.25) is 0 Å². The predicted molar refractivity (Wildman–Crippen MR) is 71.0 cm³/mol. The summed E-state index contributed by atoms with van der Waals surface area (Å²) in [6.45, 7) is 1.96. The Balaban J connectivity index is 2.29. The zero-order valence-corrected chi connectivity index (χ0v) is 11.1. The lowest BCUT2D eigenvalue weighted by Crippen LogP contribution is -2.14. The largest absolute Gasteiger partial charge is 0.353 e. The molecule has 19 heavy (non-hydrogen) atoms. The number of nitrogens with one attached hydrogen (secondary N) is 1. The Morgan fingerprint density at radius 1 is 1.05 bits per heavy atom. The van der Waals surface area contributed by atoms with Gasteiger partial charge in [0.1, 0.15) is 5.82 Å². The normalized spacial score (nSPS) is 15.3. The van der Waals surface area contributed by atoms with Gasteiger partial charge in [0.05, 0.1) is 21.2 Å². The summed E-state index contributed by atoms with van der Waals surface area (Å²) in [4.78, 5) is 0.207. The number of sulfone groups is 1. The van der Waals surface area contributed by atoms with E-state index in [1.807, 2.05) is 13.0 Å². The first-order valence-electron chi connectivity index (χ1n) is 5.97. The zero-order valence-electron chi connectivity index (χ0n) is 10.3. The molecule has 1 aliphatic heterocycles. The van der Waals surface area contributed by atoms with Crippen molar-refractivity contribution in [3.8, 4) is 0 Å². The first kappa shape index (κ1) is 12.2. The highest BCUT2D eigenvalue weighted by molar-refractivity contribution is 7.92. The number of hydrogen-bond acceptors (Lipinski definition) is 3. The van der Waals surface area contributed by atoms with Crippen LogP contribution in [-0.4, -0.2) is 8.42 Å². The maximum atomic E-state index is 13.3. The van der Waals surface area contributed by atoms with Crippen molar-refractivity contribution in [3.05, 3.63) is 47.8 Å². The van der Waals surface area contributed by atoms with Crippen molar-refractivity contribution < 1.29 is 12.8 Å². The highest BCUT2D eigenvalue weighted by Gasteiger charge is 2.29. The van der Waals surface area contributed by atoms with Gasteiger partial charge in [0.25, 0.3) is 0 Å². The fourth-order valence-corrected chi connectivity index (χ4v) is 3.83. The van der Waals surface area contributed by atoms with E-state index in [2.05, 4.69) is 5.32 Å². The van der Waals surface area contributed by atoms with Crippen LogP contribution in [-0.2, 0) is 16.3 Å². The summed E-state index contributed by atoms with van der Waals surface area (Å²) in [6, 6.07) is 9.02. The number of rotatable bonds is 1. The second-order valence-corrected chi connectivity index (χ2v) is 6.34. The summed E-state index contributed by atoms with van der Waals surface area (Å²) in [5, 5.41) is 3.03. The van der Waals surface area contributed by atoms with Gasteiger partial charge >= 0.3 is 0 Å². The minimum atomic E-state index is -3.66. The van der Waals surface area contributed by atoms with E-state index in [0.717, 1.165) is 18.1 Å². The lowest BCUT2D eigenvalue weighted by atomic mass is 10.1. The molecule has 5 heteroatoms. The standard InChI is InChI=1S/C14H12FNO2S/c1-2-9-3-5-11-13(7-9)19(17,18)14-8-10(15)4-6-12(14)16-11/h3-8,16H,2H2,1H3. The molecule has 0 saturated heterocycles. The molecule has 0 aromatic heterocycles. The fourth-order valence-electron chi connectivity index (χ4n) is 2.20. The quantitative estimate of drug-likeness (QED) is 0.742. The van der Waals surface area contributed by atoms with Gasteiger partial charge in [-0.05, 0) is 42.3 Å². The Hall–Kier alpha value is -1.88. The smallest absolute Gasteiger partial charge is 0.210 e. The molecule has 0 radical (unpaired) electrons. The summed E-state index contributed by atoms with van der Waals surface area (Å²) in [5.74, 6) is -0.556. The molecule has 1 N–H and O–H groups in total. The van der Waals surface area contributed by atoms with Crippen LogP contribution in [0.15, 0.2) is 46.2 Å². The maximum absolute atomic E-state index is 13.3. The minimum absolute atomic E-state index is 0.00625. The third kappa shape index (κ3) is 1.81. The van der Waals surface area contributed by atoms with E-state index in [1.165, 1.54) is 12.1 Å². The van der Waals surface area contributed by atoms with E-state index >= 15 is 0 Å². The Morgan fingerprint density at radius 2 is 1.68 bits per heavy atom. The van der Waals surface area contributed by atoms with Gasteiger partial charge in [-0.2, -0.15) is 0 Å². The van der Waals surface area contributed by atoms with Crippen LogP contribution in [0, 0.1) is 5.82 Å². The van der Waals surface area contributed by atoms with E-state index in [-0.39, 0.29) is 9.79 Å². The fraction of sp³-hybridized carbons (Fsp3) is 0.143. The average molecular weight is 277 g/mol. The van der Waals surface area contributed by atoms with Gasteiger partial charge in [0.15, 0.2) is 0 Å². The lowest BCUT2D eigenvalue weighted by Gasteiger charge is -2.22. The van der Waals surface area contributed by atoms with Crippen molar-refractivity contribution in [1.29, 1.82) is 0 Å². The second kappa shape index (κ2) is 4.06. The Morgan fingerprint density at radius 3 is 2.37 bits per heavy atom. The molecule has 0 fully saturated rings. The van der Waals surface area contributed by atoms with Gasteiger partial charge in [0, 0.05) is 0 Å². The maximum Gasteiger partial charge on any atom is 0.210 e. The first-order valence-corrected chi connectivity index (χ1v) is 7.45. The number of aryl methyl sites for hydroxylation is 1. The van der Waals surface area contributed by atoms with Gasteiger partial charge in [-0.25, -0.2) is 12.8 Å². The number of halogens is 1. The molecule has 0 unspecified atom stereocenters. The third-order valence-corrected chi connectivity index (χ3v) is 5.08. The monoisotopic (exact) mass is 277 g/mol. The third-order valence-electron chi connectivity index (χ3n) is 3.25. The lowest BCUT2D eigenvalue weighted by molar-refractivity contribution is 0.590. The molecule has 1 heterocycles. The van der Waals surface area contributed by atoms with E-state index in [9.17, 15) is 12.8 Å². The van der Waals surface area contributed by atoms with Crippen LogP contribution in [0.25, 0.3) is 0 Å². The number of benzene rings is 2. The number of hydrogen-bond donors (Lipinski definition) is 1. The molecule has 3 rings (SSSR count). The van der Waals surface area contributed by atoms with Crippen LogP contribution in [0.5, 0.6) is 0 Å². The molecule has 2 aromatic carbocycles. The molecule has 0 aliphatic carbocycles. The molecule has 98 valence electrons. The molecule has 0 bridgehead atoms. The van der Waals surface area contributed by atoms with Gasteiger partial charge in [-0.15, -0.1) is 0 Å². The summed E-state index contributed by atoms with van der Waals surface area (Å²) in [7, 11) is -3.66. The summed E-state index contributed by atoms with van der Waals surface area (Å²) >= 11 is 0. The topological polar surface area (TPSA) is 46.2 Å². The van der Waals surface area contributed by atoms with Gasteiger partial charge in [-0.3, -0.25) is 0 Å². The van der Waals surface area contributed by atoms with Crippen LogP contribution < -0.4 is 5.32 Å². The number of anilines is 2. The van der Waals surface area contributed by atoms with Crippen LogP contribution >= 0.6 is 0 Å². The molecule has 0 spiro atoms. The van der Waals surface area contributed by atoms with Crippen LogP contribution in [0.3, 0.4) is 0 Å². The van der Waals surface area contributed by atoms with Crippen molar-refractivity contribution >= 4 is 21.2 Å². The van der Waals surface area contributed by atoms with Crippen molar-refractivity contribution in [2.75, 3.05) is 5.32 Å². The Kier molecular flexibility index (Phi) is 2.60. The van der Waals surface area contributed by atoms with Crippen molar-refractivity contribution in [1.82, 2.24) is 0 Å². The van der Waals surface area contributed by atoms with Gasteiger partial charge in [0.2, 0.25) is 9.84 Å². The molecule has 2 aromatic rings. The minimum Gasteiger partial charge on any atom is -0.353 e. The second-order valence-electron chi connectivity index (χ2n) is 4.45. The van der Waals surface area contributed by atoms with Crippen molar-refractivity contribution in [2.45, 2.75) is 23.1 Å². The Bertz CT molecular complexity index is 769. The molecular weight excluding hydrogens is 265 g/mol. The molecule has 0 atom stereocenters. The van der Waals surface area contributed by atoms with Crippen LogP contribution in [0.1, 0.15) is 12.5 Å². The first-order chi connectivity index (χ1) is 9.02. The molecule has 0 saturated carbocycles. The summed E-state index contributed by atoms with van der Waals surface area (Å²) in [6.07, 6.45) is 0.749. The van der Waals surface area contributed by atoms with E-state index in [1.54, 1.807) is 12.1 Å². The molecule has 0 amide bonds. The highest BCUT2D eigenvalue weighted by Crippen LogP contribution is 2.39.